The SMILES string of the molecule is COc1cccc(-n2c(C)cc([C@@H]3[C@@H](c4ccccn4)NC(=S)N3c3ccc(OC(C)C)cc3)c2C)c1. The van der Waals surface area contributed by atoms with E-state index in [1.54, 1.807) is 7.11 Å². The first kappa shape index (κ1) is 24.8. The molecule has 1 saturated heterocycles. The normalized spacial score (nSPS) is 17.2. The molecule has 0 saturated carbocycles. The number of nitrogens with zero attached hydrogens (tertiary/aromatic N) is 3. The van der Waals surface area contributed by atoms with Gasteiger partial charge in [-0.25, -0.2) is 0 Å². The zero-order valence-corrected chi connectivity index (χ0v) is 22.6. The number of pyridine rings is 1. The summed E-state index contributed by atoms with van der Waals surface area (Å²) in [6.45, 7) is 8.35. The second kappa shape index (κ2) is 10.3. The van der Waals surface area contributed by atoms with E-state index in [-0.39, 0.29) is 18.2 Å². The molecule has 6 nitrogen and oxygen atoms in total. The second-order valence-corrected chi connectivity index (χ2v) is 9.91. The third-order valence-electron chi connectivity index (χ3n) is 6.69. The minimum atomic E-state index is -0.112. The number of benzene rings is 2. The lowest BCUT2D eigenvalue weighted by atomic mass is 9.96. The number of hydrogen-bond acceptors (Lipinski definition) is 4. The molecule has 1 aliphatic rings. The van der Waals surface area contributed by atoms with E-state index in [0.717, 1.165) is 40.0 Å². The summed E-state index contributed by atoms with van der Waals surface area (Å²) in [5, 5.41) is 4.23. The lowest BCUT2D eigenvalue weighted by molar-refractivity contribution is 0.242. The van der Waals surface area contributed by atoms with E-state index < -0.39 is 0 Å². The van der Waals surface area contributed by atoms with Gasteiger partial charge >= 0.3 is 0 Å². The van der Waals surface area contributed by atoms with Crippen LogP contribution >= 0.6 is 12.2 Å². The standard InChI is InChI=1S/C30H32N4O2S/c1-19(2)36-24-14-12-22(13-15-24)34-29(28(32-30(34)37)27-11-6-7-16-31-27)26-17-20(3)33(21(26)4)23-9-8-10-25(18-23)35-5/h6-19,28-29H,1-5H3,(H,32,37)/t28-,29-/m1/s1. The number of aryl methyl sites for hydroxylation is 1. The predicted octanol–water partition coefficient (Wildman–Crippen LogP) is 6.46. The zero-order valence-electron chi connectivity index (χ0n) is 21.8. The van der Waals surface area contributed by atoms with Crippen molar-refractivity contribution in [3.8, 4) is 17.2 Å². The number of nitrogens with one attached hydrogen (secondary N) is 1. The smallest absolute Gasteiger partial charge is 0.174 e. The van der Waals surface area contributed by atoms with Crippen LogP contribution in [0.5, 0.6) is 11.5 Å². The molecule has 1 N–H and O–H groups in total. The Kier molecular flexibility index (Phi) is 6.89. The van der Waals surface area contributed by atoms with Crippen molar-refractivity contribution in [3.05, 3.63) is 102 Å². The molecule has 0 amide bonds. The van der Waals surface area contributed by atoms with Crippen molar-refractivity contribution >= 4 is 23.0 Å². The molecule has 0 spiro atoms. The molecule has 5 rings (SSSR count). The minimum absolute atomic E-state index is 0.0928. The summed E-state index contributed by atoms with van der Waals surface area (Å²) >= 11 is 5.92. The van der Waals surface area contributed by atoms with Crippen LogP contribution in [-0.4, -0.2) is 27.9 Å². The van der Waals surface area contributed by atoms with Gasteiger partial charge in [0.25, 0.3) is 0 Å². The third-order valence-corrected chi connectivity index (χ3v) is 7.00. The zero-order chi connectivity index (χ0) is 26.1. The number of rotatable bonds is 7. The summed E-state index contributed by atoms with van der Waals surface area (Å²) in [7, 11) is 1.69. The minimum Gasteiger partial charge on any atom is -0.497 e. The Balaban J connectivity index is 1.62. The fourth-order valence-corrected chi connectivity index (χ4v) is 5.49. The van der Waals surface area contributed by atoms with Crippen LogP contribution in [0.4, 0.5) is 5.69 Å². The van der Waals surface area contributed by atoms with E-state index in [4.69, 9.17) is 26.7 Å². The monoisotopic (exact) mass is 512 g/mol. The van der Waals surface area contributed by atoms with Crippen LogP contribution in [0, 0.1) is 13.8 Å². The van der Waals surface area contributed by atoms with Gasteiger partial charge in [0.1, 0.15) is 11.5 Å². The summed E-state index contributed by atoms with van der Waals surface area (Å²) < 4.78 is 13.6. The highest BCUT2D eigenvalue weighted by Crippen LogP contribution is 2.44. The Bertz CT molecular complexity index is 1400. The molecule has 2 atom stereocenters. The van der Waals surface area contributed by atoms with Crippen molar-refractivity contribution in [2.24, 2.45) is 0 Å². The average Bonchev–Trinajstić information content (AvgIpc) is 3.39. The maximum atomic E-state index is 5.92. The van der Waals surface area contributed by atoms with Gasteiger partial charge in [-0.2, -0.15) is 0 Å². The largest absolute Gasteiger partial charge is 0.497 e. The number of thiocarbonyl (C=S) groups is 1. The second-order valence-electron chi connectivity index (χ2n) is 9.52. The van der Waals surface area contributed by atoms with Crippen molar-refractivity contribution in [1.29, 1.82) is 0 Å². The first-order chi connectivity index (χ1) is 17.9. The van der Waals surface area contributed by atoms with Gasteiger partial charge in [-0.05, 0) is 100 Å². The van der Waals surface area contributed by atoms with E-state index >= 15 is 0 Å². The number of aromatic nitrogens is 2. The summed E-state index contributed by atoms with van der Waals surface area (Å²) in [4.78, 5) is 6.89. The number of hydrogen-bond donors (Lipinski definition) is 1. The molecule has 0 radical (unpaired) electrons. The molecule has 0 aliphatic carbocycles. The molecule has 0 bridgehead atoms. The van der Waals surface area contributed by atoms with Gasteiger partial charge in [-0.1, -0.05) is 12.1 Å². The fraction of sp³-hybridized carbons (Fsp3) is 0.267. The highest BCUT2D eigenvalue weighted by molar-refractivity contribution is 7.80. The molecule has 1 fully saturated rings. The van der Waals surface area contributed by atoms with Gasteiger partial charge in [0.15, 0.2) is 5.11 Å². The highest BCUT2D eigenvalue weighted by atomic mass is 32.1. The van der Waals surface area contributed by atoms with E-state index in [1.165, 1.54) is 5.56 Å². The summed E-state index contributed by atoms with van der Waals surface area (Å²) in [6, 6.07) is 24.3. The number of methoxy groups -OCH3 is 1. The Morgan fingerprint density at radius 3 is 2.38 bits per heavy atom. The van der Waals surface area contributed by atoms with Crippen molar-refractivity contribution in [2.45, 2.75) is 45.9 Å². The average molecular weight is 513 g/mol. The molecule has 3 heterocycles. The van der Waals surface area contributed by atoms with Gasteiger partial charge in [-0.3, -0.25) is 4.98 Å². The highest BCUT2D eigenvalue weighted by Gasteiger charge is 2.42. The van der Waals surface area contributed by atoms with Crippen molar-refractivity contribution < 1.29 is 9.47 Å². The molecule has 4 aromatic rings. The van der Waals surface area contributed by atoms with Crippen molar-refractivity contribution in [2.75, 3.05) is 12.0 Å². The lowest BCUT2D eigenvalue weighted by Crippen LogP contribution is -2.29. The Morgan fingerprint density at radius 2 is 1.70 bits per heavy atom. The first-order valence-electron chi connectivity index (χ1n) is 12.5. The Labute approximate surface area is 223 Å². The van der Waals surface area contributed by atoms with Crippen molar-refractivity contribution in [3.63, 3.8) is 0 Å². The van der Waals surface area contributed by atoms with Gasteiger partial charge in [0, 0.05) is 35.0 Å². The summed E-state index contributed by atoms with van der Waals surface area (Å²) in [5.41, 5.74) is 6.48. The van der Waals surface area contributed by atoms with E-state index in [9.17, 15) is 0 Å². The van der Waals surface area contributed by atoms with Gasteiger partial charge < -0.3 is 24.3 Å². The van der Waals surface area contributed by atoms with E-state index in [2.05, 4.69) is 65.0 Å². The molecule has 7 heteroatoms. The molecule has 2 aromatic heterocycles. The molecular formula is C30H32N4O2S. The Hall–Kier alpha value is -3.84. The number of ether oxygens (including phenoxy) is 2. The van der Waals surface area contributed by atoms with Crippen LogP contribution in [0.3, 0.4) is 0 Å². The molecular weight excluding hydrogens is 480 g/mol. The molecule has 190 valence electrons. The molecule has 37 heavy (non-hydrogen) atoms. The number of anilines is 1. The third kappa shape index (κ3) is 4.79. The van der Waals surface area contributed by atoms with Crippen LogP contribution in [-0.2, 0) is 0 Å². The molecule has 2 aromatic carbocycles. The van der Waals surface area contributed by atoms with Crippen molar-refractivity contribution in [1.82, 2.24) is 14.9 Å². The quantitative estimate of drug-likeness (QED) is 0.287. The lowest BCUT2D eigenvalue weighted by Gasteiger charge is -2.28. The maximum absolute atomic E-state index is 5.92. The van der Waals surface area contributed by atoms with Gasteiger partial charge in [0.05, 0.1) is 31.0 Å². The first-order valence-corrected chi connectivity index (χ1v) is 12.9. The Morgan fingerprint density at radius 1 is 0.919 bits per heavy atom. The predicted molar refractivity (Wildman–Crippen MR) is 152 cm³/mol. The van der Waals surface area contributed by atoms with Crippen LogP contribution in [0.25, 0.3) is 5.69 Å². The van der Waals surface area contributed by atoms with Crippen LogP contribution < -0.4 is 19.7 Å². The van der Waals surface area contributed by atoms with Gasteiger partial charge in [0.2, 0.25) is 0 Å². The molecule has 0 unspecified atom stereocenters. The summed E-state index contributed by atoms with van der Waals surface area (Å²) in [5.74, 6) is 1.66. The van der Waals surface area contributed by atoms with Gasteiger partial charge in [-0.15, -0.1) is 0 Å². The molecule has 1 aliphatic heterocycles. The van der Waals surface area contributed by atoms with E-state index in [1.807, 2.05) is 56.4 Å². The van der Waals surface area contributed by atoms with Crippen LogP contribution in [0.15, 0.2) is 79.0 Å². The van der Waals surface area contributed by atoms with Crippen LogP contribution in [0.1, 0.15) is 48.6 Å². The topological polar surface area (TPSA) is 51.5 Å². The van der Waals surface area contributed by atoms with E-state index in [0.29, 0.717) is 5.11 Å². The fourth-order valence-electron chi connectivity index (χ4n) is 5.14. The summed E-state index contributed by atoms with van der Waals surface area (Å²) in [6.07, 6.45) is 1.95. The van der Waals surface area contributed by atoms with Crippen LogP contribution in [0.2, 0.25) is 0 Å². The maximum Gasteiger partial charge on any atom is 0.174 e.